The van der Waals surface area contributed by atoms with Crippen LogP contribution in [0, 0.1) is 0 Å². The van der Waals surface area contributed by atoms with E-state index in [-0.39, 0.29) is 6.09 Å². The van der Waals surface area contributed by atoms with Crippen LogP contribution in [0.5, 0.6) is 0 Å². The third-order valence-corrected chi connectivity index (χ3v) is 3.16. The minimum absolute atomic E-state index is 0.343. The van der Waals surface area contributed by atoms with Gasteiger partial charge in [-0.2, -0.15) is 0 Å². The van der Waals surface area contributed by atoms with Gasteiger partial charge in [-0.1, -0.05) is 28.1 Å². The second kappa shape index (κ2) is 4.76. The number of alkyl halides is 1. The summed E-state index contributed by atoms with van der Waals surface area (Å²) in [5.41, 5.74) is 1.55. The molecule has 0 N–H and O–H groups in total. The summed E-state index contributed by atoms with van der Waals surface area (Å²) in [7, 11) is 0. The highest BCUT2D eigenvalue weighted by Crippen LogP contribution is 2.23. The van der Waals surface area contributed by atoms with Crippen LogP contribution in [-0.4, -0.2) is 16.3 Å². The van der Waals surface area contributed by atoms with E-state index in [1.807, 2.05) is 45.0 Å². The highest BCUT2D eigenvalue weighted by molar-refractivity contribution is 9.08. The van der Waals surface area contributed by atoms with Gasteiger partial charge in [0.05, 0.1) is 5.52 Å². The van der Waals surface area contributed by atoms with Crippen LogP contribution in [0.15, 0.2) is 30.5 Å². The zero-order valence-corrected chi connectivity index (χ0v) is 12.3. The predicted molar refractivity (Wildman–Crippen MR) is 76.2 cm³/mol. The second-order valence-electron chi connectivity index (χ2n) is 5.15. The monoisotopic (exact) mass is 309 g/mol. The first kappa shape index (κ1) is 13.1. The largest absolute Gasteiger partial charge is 0.443 e. The Morgan fingerprint density at radius 3 is 2.67 bits per heavy atom. The zero-order valence-electron chi connectivity index (χ0n) is 10.7. The maximum Gasteiger partial charge on any atom is 0.418 e. The van der Waals surface area contributed by atoms with Crippen LogP contribution < -0.4 is 0 Å². The molecule has 0 spiro atoms. The third-order valence-electron chi connectivity index (χ3n) is 2.56. The maximum atomic E-state index is 12.1. The van der Waals surface area contributed by atoms with Gasteiger partial charge >= 0.3 is 6.09 Å². The molecule has 0 aliphatic carbocycles. The van der Waals surface area contributed by atoms with E-state index in [2.05, 4.69) is 15.9 Å². The van der Waals surface area contributed by atoms with Gasteiger partial charge in [0.1, 0.15) is 5.60 Å². The van der Waals surface area contributed by atoms with Crippen LogP contribution in [-0.2, 0) is 10.1 Å². The van der Waals surface area contributed by atoms with E-state index in [9.17, 15) is 4.79 Å². The number of rotatable bonds is 1. The van der Waals surface area contributed by atoms with E-state index >= 15 is 0 Å². The lowest BCUT2D eigenvalue weighted by atomic mass is 10.1. The zero-order chi connectivity index (χ0) is 13.3. The summed E-state index contributed by atoms with van der Waals surface area (Å²) in [5.74, 6) is 0. The Balaban J connectivity index is 2.44. The number of aromatic nitrogens is 1. The van der Waals surface area contributed by atoms with Gasteiger partial charge in [-0.3, -0.25) is 4.57 Å². The molecule has 0 aliphatic heterocycles. The van der Waals surface area contributed by atoms with Gasteiger partial charge in [-0.25, -0.2) is 4.79 Å². The average molecular weight is 310 g/mol. The molecule has 96 valence electrons. The summed E-state index contributed by atoms with van der Waals surface area (Å²) in [5, 5.41) is 1.84. The first-order valence-corrected chi connectivity index (χ1v) is 6.93. The number of halogens is 1. The van der Waals surface area contributed by atoms with Crippen molar-refractivity contribution in [1.82, 2.24) is 4.57 Å². The lowest BCUT2D eigenvalue weighted by Crippen LogP contribution is -2.26. The molecule has 0 unspecified atom stereocenters. The Morgan fingerprint density at radius 1 is 1.33 bits per heavy atom. The molecule has 1 heterocycles. The summed E-state index contributed by atoms with van der Waals surface area (Å²) < 4.78 is 6.92. The van der Waals surface area contributed by atoms with E-state index < -0.39 is 5.60 Å². The van der Waals surface area contributed by atoms with E-state index in [1.54, 1.807) is 10.8 Å². The minimum Gasteiger partial charge on any atom is -0.443 e. The Hall–Kier alpha value is -1.29. The third kappa shape index (κ3) is 2.58. The molecule has 0 fully saturated rings. The van der Waals surface area contributed by atoms with Crippen LogP contribution in [0.3, 0.4) is 0 Å². The molecule has 1 aromatic heterocycles. The van der Waals surface area contributed by atoms with Crippen molar-refractivity contribution < 1.29 is 9.53 Å². The Bertz CT molecular complexity index is 581. The SMILES string of the molecule is CC(C)(C)OC(=O)n1ccc2c(CBr)cccc21. The molecule has 0 radical (unpaired) electrons. The van der Waals surface area contributed by atoms with E-state index in [0.29, 0.717) is 0 Å². The van der Waals surface area contributed by atoms with Crippen molar-refractivity contribution in [3.8, 4) is 0 Å². The Kier molecular flexibility index (Phi) is 3.48. The molecule has 2 aromatic rings. The molecule has 0 atom stereocenters. The summed E-state index contributed by atoms with van der Waals surface area (Å²) in [6.45, 7) is 5.58. The summed E-state index contributed by atoms with van der Waals surface area (Å²) in [4.78, 5) is 12.1. The fourth-order valence-electron chi connectivity index (χ4n) is 1.82. The van der Waals surface area contributed by atoms with Crippen molar-refractivity contribution in [1.29, 1.82) is 0 Å². The lowest BCUT2D eigenvalue weighted by molar-refractivity contribution is 0.0544. The quantitative estimate of drug-likeness (QED) is 0.735. The summed E-state index contributed by atoms with van der Waals surface area (Å²) in [6.07, 6.45) is 1.41. The molecule has 1 aromatic carbocycles. The van der Waals surface area contributed by atoms with Gasteiger partial charge in [-0.15, -0.1) is 0 Å². The molecular formula is C14H16BrNO2. The van der Waals surface area contributed by atoms with Gasteiger partial charge in [-0.05, 0) is 38.5 Å². The highest BCUT2D eigenvalue weighted by atomic mass is 79.9. The number of benzene rings is 1. The Labute approximate surface area is 115 Å². The van der Waals surface area contributed by atoms with Crippen LogP contribution in [0.1, 0.15) is 26.3 Å². The van der Waals surface area contributed by atoms with Crippen molar-refractivity contribution in [3.63, 3.8) is 0 Å². The molecule has 0 bridgehead atoms. The van der Waals surface area contributed by atoms with Crippen LogP contribution in [0.25, 0.3) is 10.9 Å². The van der Waals surface area contributed by atoms with Gasteiger partial charge in [0.15, 0.2) is 0 Å². The second-order valence-corrected chi connectivity index (χ2v) is 5.71. The maximum absolute atomic E-state index is 12.1. The number of ether oxygens (including phenoxy) is 1. The van der Waals surface area contributed by atoms with E-state index in [4.69, 9.17) is 4.74 Å². The molecular weight excluding hydrogens is 294 g/mol. The minimum atomic E-state index is -0.485. The number of hydrogen-bond donors (Lipinski definition) is 0. The predicted octanol–water partition coefficient (Wildman–Crippen LogP) is 4.32. The summed E-state index contributed by atoms with van der Waals surface area (Å²) >= 11 is 3.45. The van der Waals surface area contributed by atoms with Crippen LogP contribution >= 0.6 is 15.9 Å². The molecule has 0 aliphatic rings. The first-order chi connectivity index (χ1) is 8.42. The van der Waals surface area contributed by atoms with Gasteiger partial charge in [0.25, 0.3) is 0 Å². The van der Waals surface area contributed by atoms with Crippen molar-refractivity contribution in [3.05, 3.63) is 36.0 Å². The smallest absolute Gasteiger partial charge is 0.418 e. The Morgan fingerprint density at radius 2 is 2.06 bits per heavy atom. The van der Waals surface area contributed by atoms with Crippen molar-refractivity contribution in [2.75, 3.05) is 0 Å². The molecule has 18 heavy (non-hydrogen) atoms. The number of carbonyl (C=O) groups is 1. The van der Waals surface area contributed by atoms with E-state index in [0.717, 1.165) is 21.8 Å². The average Bonchev–Trinajstić information content (AvgIpc) is 2.69. The van der Waals surface area contributed by atoms with Crippen molar-refractivity contribution in [2.45, 2.75) is 31.7 Å². The molecule has 0 saturated heterocycles. The standard InChI is InChI=1S/C14H16BrNO2/c1-14(2,3)18-13(17)16-8-7-11-10(9-15)5-4-6-12(11)16/h4-8H,9H2,1-3H3. The molecule has 0 amide bonds. The lowest BCUT2D eigenvalue weighted by Gasteiger charge is -2.19. The molecule has 0 saturated carbocycles. The normalized spacial score (nSPS) is 11.8. The van der Waals surface area contributed by atoms with Crippen LogP contribution in [0.4, 0.5) is 4.79 Å². The van der Waals surface area contributed by atoms with Crippen molar-refractivity contribution >= 4 is 32.9 Å². The number of carbonyl (C=O) groups excluding carboxylic acids is 1. The van der Waals surface area contributed by atoms with Gasteiger partial charge in [0, 0.05) is 16.9 Å². The molecule has 2 rings (SSSR count). The molecule has 3 nitrogen and oxygen atoms in total. The fraction of sp³-hybridized carbons (Fsp3) is 0.357. The number of nitrogens with zero attached hydrogens (tertiary/aromatic N) is 1. The van der Waals surface area contributed by atoms with Gasteiger partial charge in [0.2, 0.25) is 0 Å². The first-order valence-electron chi connectivity index (χ1n) is 5.80. The van der Waals surface area contributed by atoms with E-state index in [1.165, 1.54) is 0 Å². The topological polar surface area (TPSA) is 31.2 Å². The summed E-state index contributed by atoms with van der Waals surface area (Å²) in [6, 6.07) is 7.84. The number of hydrogen-bond acceptors (Lipinski definition) is 2. The number of fused-ring (bicyclic) bond motifs is 1. The fourth-order valence-corrected chi connectivity index (χ4v) is 2.31. The van der Waals surface area contributed by atoms with Crippen LogP contribution in [0.2, 0.25) is 0 Å². The van der Waals surface area contributed by atoms with Crippen molar-refractivity contribution in [2.24, 2.45) is 0 Å². The molecule has 4 heteroatoms. The highest BCUT2D eigenvalue weighted by Gasteiger charge is 2.19. The van der Waals surface area contributed by atoms with Gasteiger partial charge < -0.3 is 4.74 Å².